The van der Waals surface area contributed by atoms with Gasteiger partial charge in [-0.2, -0.15) is 15.0 Å². The van der Waals surface area contributed by atoms with Gasteiger partial charge in [0, 0.05) is 31.4 Å². The molecule has 0 fully saturated rings. The summed E-state index contributed by atoms with van der Waals surface area (Å²) in [6.45, 7) is 2.78. The van der Waals surface area contributed by atoms with Gasteiger partial charge < -0.3 is 10.2 Å². The van der Waals surface area contributed by atoms with Crippen LogP contribution in [0, 0.1) is 0 Å². The van der Waals surface area contributed by atoms with Crippen molar-refractivity contribution < 1.29 is 0 Å². The summed E-state index contributed by atoms with van der Waals surface area (Å²) >= 11 is 7.71. The fraction of sp³-hybridized carbons (Fsp3) is 0.357. The number of nitrogens with zero attached hydrogens (tertiary/aromatic N) is 4. The second kappa shape index (κ2) is 7.47. The second-order valence-electron chi connectivity index (χ2n) is 4.55. The van der Waals surface area contributed by atoms with Gasteiger partial charge in [0.2, 0.25) is 11.9 Å². The molecule has 1 aromatic carbocycles. The highest BCUT2D eigenvalue weighted by molar-refractivity contribution is 7.98. The lowest BCUT2D eigenvalue weighted by Gasteiger charge is -2.13. The van der Waals surface area contributed by atoms with Crippen molar-refractivity contribution in [2.45, 2.75) is 17.8 Å². The Morgan fingerprint density at radius 3 is 2.62 bits per heavy atom. The molecular weight excluding hydrogens is 306 g/mol. The lowest BCUT2D eigenvalue weighted by Crippen LogP contribution is -2.15. The number of halogens is 1. The van der Waals surface area contributed by atoms with Gasteiger partial charge in [0.1, 0.15) is 0 Å². The second-order valence-corrected chi connectivity index (χ2v) is 5.90. The van der Waals surface area contributed by atoms with E-state index in [0.717, 1.165) is 22.9 Å². The number of anilines is 2. The van der Waals surface area contributed by atoms with Crippen LogP contribution in [0.3, 0.4) is 0 Å². The van der Waals surface area contributed by atoms with Gasteiger partial charge in [0.05, 0.1) is 0 Å². The van der Waals surface area contributed by atoms with E-state index in [0.29, 0.717) is 17.1 Å². The van der Waals surface area contributed by atoms with Crippen LogP contribution >= 0.6 is 23.4 Å². The Kier molecular flexibility index (Phi) is 5.64. The van der Waals surface area contributed by atoms with E-state index in [4.69, 9.17) is 11.6 Å². The van der Waals surface area contributed by atoms with E-state index in [1.165, 1.54) is 0 Å². The Labute approximate surface area is 134 Å². The Morgan fingerprint density at radius 1 is 1.19 bits per heavy atom. The fourth-order valence-electron chi connectivity index (χ4n) is 1.61. The standard InChI is InChI=1S/C14H18ClN5S/c1-4-16-12-17-13(20(2)3)19-14(18-12)21-9-10-7-5-6-8-11(10)15/h5-8H,4,9H2,1-3H3,(H,16,17,18,19). The van der Waals surface area contributed by atoms with Crippen LogP contribution < -0.4 is 10.2 Å². The molecule has 7 heteroatoms. The van der Waals surface area contributed by atoms with E-state index in [1.54, 1.807) is 11.8 Å². The van der Waals surface area contributed by atoms with E-state index < -0.39 is 0 Å². The largest absolute Gasteiger partial charge is 0.354 e. The smallest absolute Gasteiger partial charge is 0.230 e. The van der Waals surface area contributed by atoms with Crippen LogP contribution in [0.1, 0.15) is 12.5 Å². The van der Waals surface area contributed by atoms with Crippen LogP contribution in [0.4, 0.5) is 11.9 Å². The molecule has 0 radical (unpaired) electrons. The van der Waals surface area contributed by atoms with Gasteiger partial charge in [-0.25, -0.2) is 0 Å². The minimum Gasteiger partial charge on any atom is -0.354 e. The zero-order valence-corrected chi connectivity index (χ0v) is 13.9. The maximum atomic E-state index is 6.17. The summed E-state index contributed by atoms with van der Waals surface area (Å²) in [5, 5.41) is 4.57. The number of nitrogens with one attached hydrogen (secondary N) is 1. The third-order valence-electron chi connectivity index (χ3n) is 2.65. The maximum Gasteiger partial charge on any atom is 0.230 e. The molecule has 0 unspecified atom stereocenters. The normalized spacial score (nSPS) is 10.5. The first-order chi connectivity index (χ1) is 10.1. The topological polar surface area (TPSA) is 53.9 Å². The Morgan fingerprint density at radius 2 is 1.95 bits per heavy atom. The Hall–Kier alpha value is -1.53. The number of benzene rings is 1. The number of thioether (sulfide) groups is 1. The molecule has 0 bridgehead atoms. The number of aromatic nitrogens is 3. The first kappa shape index (κ1) is 15.9. The van der Waals surface area contributed by atoms with Crippen molar-refractivity contribution in [3.8, 4) is 0 Å². The molecule has 5 nitrogen and oxygen atoms in total. The van der Waals surface area contributed by atoms with Crippen molar-refractivity contribution in [3.63, 3.8) is 0 Å². The molecule has 0 amide bonds. The van der Waals surface area contributed by atoms with E-state index in [1.807, 2.05) is 50.2 Å². The first-order valence-electron chi connectivity index (χ1n) is 6.63. The number of hydrogen-bond donors (Lipinski definition) is 1. The highest BCUT2D eigenvalue weighted by Gasteiger charge is 2.09. The van der Waals surface area contributed by atoms with Crippen LogP contribution in [0.15, 0.2) is 29.4 Å². The quantitative estimate of drug-likeness (QED) is 0.823. The molecule has 2 rings (SSSR count). The van der Waals surface area contributed by atoms with Gasteiger partial charge in [-0.15, -0.1) is 0 Å². The highest BCUT2D eigenvalue weighted by Crippen LogP contribution is 2.25. The molecule has 0 saturated carbocycles. The van der Waals surface area contributed by atoms with Crippen LogP contribution in [-0.4, -0.2) is 35.6 Å². The van der Waals surface area contributed by atoms with Crippen molar-refractivity contribution in [2.24, 2.45) is 0 Å². The predicted octanol–water partition coefficient (Wildman–Crippen LogP) is 3.32. The van der Waals surface area contributed by atoms with E-state index in [-0.39, 0.29) is 0 Å². The molecule has 2 aromatic rings. The summed E-state index contributed by atoms with van der Waals surface area (Å²) in [6, 6.07) is 7.80. The van der Waals surface area contributed by atoms with Crippen LogP contribution in [0.5, 0.6) is 0 Å². The summed E-state index contributed by atoms with van der Waals surface area (Å²) in [4.78, 5) is 15.1. The average Bonchev–Trinajstić information content (AvgIpc) is 2.46. The van der Waals surface area contributed by atoms with E-state index in [9.17, 15) is 0 Å². The van der Waals surface area contributed by atoms with Gasteiger partial charge in [0.25, 0.3) is 0 Å². The summed E-state index contributed by atoms with van der Waals surface area (Å²) in [7, 11) is 3.82. The molecule has 21 heavy (non-hydrogen) atoms. The minimum atomic E-state index is 0.595. The summed E-state index contributed by atoms with van der Waals surface area (Å²) in [6.07, 6.45) is 0. The summed E-state index contributed by atoms with van der Waals surface area (Å²) in [5.74, 6) is 1.96. The Balaban J connectivity index is 2.17. The van der Waals surface area contributed by atoms with E-state index >= 15 is 0 Å². The molecule has 0 aliphatic rings. The van der Waals surface area contributed by atoms with Gasteiger partial charge in [-0.05, 0) is 18.6 Å². The van der Waals surface area contributed by atoms with Crippen molar-refractivity contribution in [3.05, 3.63) is 34.9 Å². The third kappa shape index (κ3) is 4.47. The van der Waals surface area contributed by atoms with Crippen LogP contribution in [-0.2, 0) is 5.75 Å². The van der Waals surface area contributed by atoms with Crippen LogP contribution in [0.25, 0.3) is 0 Å². The van der Waals surface area contributed by atoms with Crippen LogP contribution in [0.2, 0.25) is 5.02 Å². The zero-order chi connectivity index (χ0) is 15.2. The summed E-state index contributed by atoms with van der Waals surface area (Å²) in [5.41, 5.74) is 1.07. The first-order valence-corrected chi connectivity index (χ1v) is 8.00. The monoisotopic (exact) mass is 323 g/mol. The third-order valence-corrected chi connectivity index (χ3v) is 3.92. The molecule has 0 aliphatic heterocycles. The lowest BCUT2D eigenvalue weighted by atomic mass is 10.2. The van der Waals surface area contributed by atoms with Gasteiger partial charge in [0.15, 0.2) is 5.16 Å². The maximum absolute atomic E-state index is 6.17. The molecule has 1 aromatic heterocycles. The highest BCUT2D eigenvalue weighted by atomic mass is 35.5. The number of hydrogen-bond acceptors (Lipinski definition) is 6. The molecule has 0 atom stereocenters. The van der Waals surface area contributed by atoms with Gasteiger partial charge in [-0.3, -0.25) is 0 Å². The Bertz CT molecular complexity index is 606. The minimum absolute atomic E-state index is 0.595. The SMILES string of the molecule is CCNc1nc(SCc2ccccc2Cl)nc(N(C)C)n1. The van der Waals surface area contributed by atoms with Gasteiger partial charge >= 0.3 is 0 Å². The molecular formula is C14H18ClN5S. The van der Waals surface area contributed by atoms with Gasteiger partial charge in [-0.1, -0.05) is 41.6 Å². The number of rotatable bonds is 6. The van der Waals surface area contributed by atoms with Crippen molar-refractivity contribution >= 4 is 35.3 Å². The average molecular weight is 324 g/mol. The molecule has 0 saturated heterocycles. The lowest BCUT2D eigenvalue weighted by molar-refractivity contribution is 0.863. The molecule has 1 heterocycles. The molecule has 112 valence electrons. The predicted molar refractivity (Wildman–Crippen MR) is 89.3 cm³/mol. The molecule has 0 aliphatic carbocycles. The fourth-order valence-corrected chi connectivity index (χ4v) is 2.72. The molecule has 0 spiro atoms. The molecule has 1 N–H and O–H groups in total. The van der Waals surface area contributed by atoms with Crippen molar-refractivity contribution in [1.82, 2.24) is 15.0 Å². The van der Waals surface area contributed by atoms with Crippen molar-refractivity contribution in [2.75, 3.05) is 30.9 Å². The van der Waals surface area contributed by atoms with E-state index in [2.05, 4.69) is 20.3 Å². The van der Waals surface area contributed by atoms with Crippen molar-refractivity contribution in [1.29, 1.82) is 0 Å². The zero-order valence-electron chi connectivity index (χ0n) is 12.3. The summed E-state index contributed by atoms with van der Waals surface area (Å²) < 4.78 is 0.